The first-order valence-corrected chi connectivity index (χ1v) is 5.93. The van der Waals surface area contributed by atoms with Crippen molar-refractivity contribution >= 4 is 21.9 Å². The second-order valence-corrected chi connectivity index (χ2v) is 4.67. The zero-order valence-corrected chi connectivity index (χ0v) is 11.0. The molecule has 2 rings (SSSR count). The van der Waals surface area contributed by atoms with Gasteiger partial charge in [0.05, 0.1) is 11.3 Å². The van der Waals surface area contributed by atoms with Crippen molar-refractivity contribution in [3.05, 3.63) is 40.0 Å². The Labute approximate surface area is 111 Å². The number of halogens is 1. The van der Waals surface area contributed by atoms with E-state index < -0.39 is 12.1 Å². The van der Waals surface area contributed by atoms with Crippen molar-refractivity contribution in [1.29, 1.82) is 0 Å². The molecule has 2 N–H and O–H groups in total. The second kappa shape index (κ2) is 4.91. The molecule has 2 aromatic rings. The van der Waals surface area contributed by atoms with Gasteiger partial charge in [-0.1, -0.05) is 33.2 Å². The summed E-state index contributed by atoms with van der Waals surface area (Å²) in [5.41, 5.74) is 1.21. The Hall–Kier alpha value is -1.66. The quantitative estimate of drug-likeness (QED) is 0.910. The first-order chi connectivity index (χ1) is 8.50. The van der Waals surface area contributed by atoms with Gasteiger partial charge in [-0.25, -0.2) is 4.79 Å². The number of benzene rings is 1. The van der Waals surface area contributed by atoms with Crippen LogP contribution in [0.15, 0.2) is 33.3 Å². The number of aryl methyl sites for hydroxylation is 1. The van der Waals surface area contributed by atoms with Gasteiger partial charge in [0.25, 0.3) is 0 Å². The lowest BCUT2D eigenvalue weighted by molar-refractivity contribution is -0.147. The molecule has 1 aromatic heterocycles. The number of aliphatic carboxylic acids is 1. The zero-order valence-electron chi connectivity index (χ0n) is 9.42. The lowest BCUT2D eigenvalue weighted by Crippen LogP contribution is -2.11. The van der Waals surface area contributed by atoms with Crippen LogP contribution in [0, 0.1) is 6.92 Å². The van der Waals surface area contributed by atoms with Crippen molar-refractivity contribution < 1.29 is 19.5 Å². The molecule has 1 heterocycles. The van der Waals surface area contributed by atoms with Gasteiger partial charge in [-0.3, -0.25) is 0 Å². The molecule has 6 heteroatoms. The topological polar surface area (TPSA) is 83.6 Å². The highest BCUT2D eigenvalue weighted by Gasteiger charge is 2.26. The van der Waals surface area contributed by atoms with Gasteiger partial charge < -0.3 is 14.7 Å². The molecule has 0 aliphatic heterocycles. The molecular formula is C12H10BrNO4. The van der Waals surface area contributed by atoms with Crippen LogP contribution in [-0.4, -0.2) is 21.3 Å². The summed E-state index contributed by atoms with van der Waals surface area (Å²) in [7, 11) is 0. The van der Waals surface area contributed by atoms with Gasteiger partial charge in [-0.15, -0.1) is 0 Å². The lowest BCUT2D eigenvalue weighted by atomic mass is 10.0. The van der Waals surface area contributed by atoms with E-state index in [9.17, 15) is 9.90 Å². The molecule has 1 unspecified atom stereocenters. The molecule has 0 fully saturated rings. The summed E-state index contributed by atoms with van der Waals surface area (Å²) < 4.78 is 6.00. The van der Waals surface area contributed by atoms with Crippen LogP contribution in [0.1, 0.15) is 17.4 Å². The predicted octanol–water partition coefficient (Wildman–Crippen LogP) is 2.53. The van der Waals surface area contributed by atoms with Crippen molar-refractivity contribution in [1.82, 2.24) is 5.16 Å². The maximum atomic E-state index is 10.9. The van der Waals surface area contributed by atoms with Crippen molar-refractivity contribution in [3.63, 3.8) is 0 Å². The monoisotopic (exact) mass is 311 g/mol. The molecule has 0 radical (unpaired) electrons. The van der Waals surface area contributed by atoms with E-state index in [1.54, 1.807) is 31.2 Å². The van der Waals surface area contributed by atoms with Crippen molar-refractivity contribution in [2.75, 3.05) is 0 Å². The Kier molecular flexibility index (Phi) is 3.49. The Bertz CT molecular complexity index is 576. The van der Waals surface area contributed by atoms with Crippen LogP contribution >= 0.6 is 15.9 Å². The van der Waals surface area contributed by atoms with E-state index >= 15 is 0 Å². The average molecular weight is 312 g/mol. The summed E-state index contributed by atoms with van der Waals surface area (Å²) >= 11 is 3.30. The minimum atomic E-state index is -1.64. The molecule has 1 atom stereocenters. The van der Waals surface area contributed by atoms with Gasteiger partial charge in [-0.05, 0) is 19.1 Å². The highest BCUT2D eigenvalue weighted by molar-refractivity contribution is 9.10. The van der Waals surface area contributed by atoms with Gasteiger partial charge >= 0.3 is 5.97 Å². The van der Waals surface area contributed by atoms with Gasteiger partial charge in [-0.2, -0.15) is 0 Å². The van der Waals surface area contributed by atoms with Crippen molar-refractivity contribution in [2.24, 2.45) is 0 Å². The SMILES string of the molecule is Cc1noc(-c2ccc(Br)cc2)c1C(O)C(=O)O. The molecule has 1 aromatic carbocycles. The van der Waals surface area contributed by atoms with Gasteiger partial charge in [0.15, 0.2) is 11.9 Å². The normalized spacial score (nSPS) is 12.4. The number of carbonyl (C=O) groups is 1. The predicted molar refractivity (Wildman–Crippen MR) is 67.0 cm³/mol. The maximum Gasteiger partial charge on any atom is 0.337 e. The molecule has 0 amide bonds. The van der Waals surface area contributed by atoms with E-state index in [1.165, 1.54) is 0 Å². The molecule has 0 saturated carbocycles. The second-order valence-electron chi connectivity index (χ2n) is 3.76. The number of aliphatic hydroxyl groups is 1. The van der Waals surface area contributed by atoms with E-state index in [0.717, 1.165) is 4.47 Å². The Balaban J connectivity index is 2.52. The number of hydrogen-bond donors (Lipinski definition) is 2. The minimum absolute atomic E-state index is 0.185. The number of rotatable bonds is 3. The summed E-state index contributed by atoms with van der Waals surface area (Å²) in [6, 6.07) is 7.10. The molecule has 94 valence electrons. The molecule has 0 aliphatic rings. The fourth-order valence-corrected chi connectivity index (χ4v) is 1.90. The van der Waals surface area contributed by atoms with E-state index in [-0.39, 0.29) is 11.3 Å². The molecule has 0 bridgehead atoms. The van der Waals surface area contributed by atoms with Crippen LogP contribution in [0.5, 0.6) is 0 Å². The van der Waals surface area contributed by atoms with E-state index in [0.29, 0.717) is 11.3 Å². The van der Waals surface area contributed by atoms with Crippen LogP contribution in [0.4, 0.5) is 0 Å². The van der Waals surface area contributed by atoms with Crippen LogP contribution < -0.4 is 0 Å². The summed E-state index contributed by atoms with van der Waals surface area (Å²) in [6.07, 6.45) is -1.64. The van der Waals surface area contributed by atoms with E-state index in [4.69, 9.17) is 9.63 Å². The van der Waals surface area contributed by atoms with Crippen LogP contribution in [0.2, 0.25) is 0 Å². The number of carboxylic acids is 1. The minimum Gasteiger partial charge on any atom is -0.479 e. The largest absolute Gasteiger partial charge is 0.479 e. The van der Waals surface area contributed by atoms with Gasteiger partial charge in [0.1, 0.15) is 0 Å². The van der Waals surface area contributed by atoms with Gasteiger partial charge in [0, 0.05) is 10.0 Å². The highest BCUT2D eigenvalue weighted by atomic mass is 79.9. The molecule has 0 saturated heterocycles. The highest BCUT2D eigenvalue weighted by Crippen LogP contribution is 2.31. The molecule has 0 aliphatic carbocycles. The Morgan fingerprint density at radius 2 is 2.00 bits per heavy atom. The Morgan fingerprint density at radius 1 is 1.39 bits per heavy atom. The van der Waals surface area contributed by atoms with Crippen LogP contribution in [-0.2, 0) is 4.79 Å². The fraction of sp³-hybridized carbons (Fsp3) is 0.167. The molecule has 5 nitrogen and oxygen atoms in total. The first-order valence-electron chi connectivity index (χ1n) is 5.13. The number of carboxylic acid groups (broad SMARTS) is 1. The number of aliphatic hydroxyl groups excluding tert-OH is 1. The number of aromatic nitrogens is 1. The fourth-order valence-electron chi connectivity index (χ4n) is 1.63. The standard InChI is InChI=1S/C12H10BrNO4/c1-6-9(10(15)12(16)17)11(18-14-6)7-2-4-8(13)5-3-7/h2-5,10,15H,1H3,(H,16,17). The third kappa shape index (κ3) is 2.30. The van der Waals surface area contributed by atoms with Crippen molar-refractivity contribution in [2.45, 2.75) is 13.0 Å². The van der Waals surface area contributed by atoms with E-state index in [2.05, 4.69) is 21.1 Å². The number of nitrogens with zero attached hydrogens (tertiary/aromatic N) is 1. The van der Waals surface area contributed by atoms with Crippen LogP contribution in [0.25, 0.3) is 11.3 Å². The summed E-state index contributed by atoms with van der Waals surface area (Å²) in [5.74, 6) is -1.06. The first kappa shape index (κ1) is 12.8. The smallest absolute Gasteiger partial charge is 0.337 e. The van der Waals surface area contributed by atoms with E-state index in [1.807, 2.05) is 0 Å². The van der Waals surface area contributed by atoms with Crippen LogP contribution in [0.3, 0.4) is 0 Å². The summed E-state index contributed by atoms with van der Waals surface area (Å²) in [6.45, 7) is 1.59. The third-order valence-electron chi connectivity index (χ3n) is 2.52. The molecular weight excluding hydrogens is 302 g/mol. The summed E-state index contributed by atoms with van der Waals surface area (Å²) in [4.78, 5) is 10.9. The number of hydrogen-bond acceptors (Lipinski definition) is 4. The van der Waals surface area contributed by atoms with Gasteiger partial charge in [0.2, 0.25) is 0 Å². The summed E-state index contributed by atoms with van der Waals surface area (Å²) in [5, 5.41) is 22.2. The third-order valence-corrected chi connectivity index (χ3v) is 3.05. The average Bonchev–Trinajstić information content (AvgIpc) is 2.71. The molecule has 0 spiro atoms. The lowest BCUT2D eigenvalue weighted by Gasteiger charge is -2.06. The zero-order chi connectivity index (χ0) is 13.3. The Morgan fingerprint density at radius 3 is 2.56 bits per heavy atom. The molecule has 18 heavy (non-hydrogen) atoms. The maximum absolute atomic E-state index is 10.9. The van der Waals surface area contributed by atoms with Crippen molar-refractivity contribution in [3.8, 4) is 11.3 Å².